The molecule has 2 unspecified atom stereocenters. The van der Waals surface area contributed by atoms with Gasteiger partial charge in [0.25, 0.3) is 0 Å². The molecule has 0 aliphatic heterocycles. The summed E-state index contributed by atoms with van der Waals surface area (Å²) in [5.74, 6) is 0.140. The molecular weight excluding hydrogens is 522 g/mol. The number of hydrogen-bond acceptors (Lipinski definition) is 5. The van der Waals surface area contributed by atoms with Gasteiger partial charge in [-0.1, -0.05) is 73.9 Å². The number of nitrogens with one attached hydrogen (secondary N) is 2. The van der Waals surface area contributed by atoms with Gasteiger partial charge in [-0.2, -0.15) is 11.8 Å². The largest absolute Gasteiger partial charge is 0.444 e. The molecule has 7 nitrogen and oxygen atoms in total. The summed E-state index contributed by atoms with van der Waals surface area (Å²) in [6.07, 6.45) is 4.39. The smallest absolute Gasteiger partial charge is 0.408 e. The molecule has 40 heavy (non-hydrogen) atoms. The van der Waals surface area contributed by atoms with Crippen molar-refractivity contribution >= 4 is 29.7 Å². The molecule has 0 saturated heterocycles. The molecule has 0 spiro atoms. The van der Waals surface area contributed by atoms with Crippen molar-refractivity contribution in [1.29, 1.82) is 0 Å². The van der Waals surface area contributed by atoms with Crippen LogP contribution in [0.1, 0.15) is 81.7 Å². The van der Waals surface area contributed by atoms with E-state index in [-0.39, 0.29) is 11.8 Å². The van der Waals surface area contributed by atoms with E-state index >= 15 is 0 Å². The third-order valence-electron chi connectivity index (χ3n) is 6.47. The molecule has 3 amide bonds. The summed E-state index contributed by atoms with van der Waals surface area (Å²) < 4.78 is 5.48. The molecule has 2 atom stereocenters. The lowest BCUT2D eigenvalue weighted by Gasteiger charge is -2.35. The van der Waals surface area contributed by atoms with Crippen LogP contribution in [0.15, 0.2) is 48.5 Å². The number of rotatable bonds is 14. The number of carbonyl (C=O) groups is 3. The molecule has 2 aromatic rings. The Bertz CT molecular complexity index is 1100. The zero-order chi connectivity index (χ0) is 29.7. The van der Waals surface area contributed by atoms with E-state index in [0.29, 0.717) is 25.3 Å². The number of amides is 3. The summed E-state index contributed by atoms with van der Waals surface area (Å²) in [6, 6.07) is 14.0. The Morgan fingerprint density at radius 3 is 2.33 bits per heavy atom. The maximum absolute atomic E-state index is 14.3. The quantitative estimate of drug-likeness (QED) is 0.260. The fraction of sp³-hybridized carbons (Fsp3) is 0.531. The fourth-order valence-corrected chi connectivity index (χ4v) is 4.98. The van der Waals surface area contributed by atoms with Crippen molar-refractivity contribution in [3.05, 3.63) is 70.8 Å². The molecule has 2 N–H and O–H groups in total. The number of aryl methyl sites for hydroxylation is 2. The number of alkyl carbamates (subject to hydrolysis) is 1. The maximum Gasteiger partial charge on any atom is 0.408 e. The van der Waals surface area contributed by atoms with E-state index in [1.54, 1.807) is 37.4 Å². The van der Waals surface area contributed by atoms with Crippen LogP contribution in [-0.2, 0) is 20.9 Å². The molecule has 0 fully saturated rings. The van der Waals surface area contributed by atoms with Gasteiger partial charge in [-0.25, -0.2) is 4.79 Å². The van der Waals surface area contributed by atoms with E-state index in [2.05, 4.69) is 17.6 Å². The minimum atomic E-state index is -0.842. The van der Waals surface area contributed by atoms with Crippen LogP contribution in [0.3, 0.4) is 0 Å². The Kier molecular flexibility index (Phi) is 13.5. The average Bonchev–Trinajstić information content (AvgIpc) is 2.89. The number of ether oxygens (including phenoxy) is 1. The van der Waals surface area contributed by atoms with Gasteiger partial charge in [-0.3, -0.25) is 9.59 Å². The molecule has 0 aliphatic rings. The van der Waals surface area contributed by atoms with Gasteiger partial charge < -0.3 is 20.3 Å². The Balaban J connectivity index is 2.50. The van der Waals surface area contributed by atoms with Gasteiger partial charge in [-0.15, -0.1) is 0 Å². The van der Waals surface area contributed by atoms with Crippen LogP contribution in [0.5, 0.6) is 0 Å². The summed E-state index contributed by atoms with van der Waals surface area (Å²) in [6.45, 7) is 12.2. The topological polar surface area (TPSA) is 87.7 Å². The van der Waals surface area contributed by atoms with Crippen LogP contribution in [0.4, 0.5) is 4.79 Å². The van der Waals surface area contributed by atoms with Crippen molar-refractivity contribution in [3.8, 4) is 0 Å². The first kappa shape index (κ1) is 33.2. The lowest BCUT2D eigenvalue weighted by atomic mass is 9.96. The highest BCUT2D eigenvalue weighted by molar-refractivity contribution is 7.98. The zero-order valence-electron chi connectivity index (χ0n) is 25.2. The molecule has 2 aromatic carbocycles. The van der Waals surface area contributed by atoms with Crippen molar-refractivity contribution in [2.75, 3.05) is 18.6 Å². The van der Waals surface area contributed by atoms with E-state index < -0.39 is 23.8 Å². The second kappa shape index (κ2) is 16.3. The van der Waals surface area contributed by atoms with Gasteiger partial charge in [0.15, 0.2) is 0 Å². The summed E-state index contributed by atoms with van der Waals surface area (Å²) in [7, 11) is 0. The van der Waals surface area contributed by atoms with E-state index in [9.17, 15) is 14.4 Å². The molecule has 220 valence electrons. The van der Waals surface area contributed by atoms with Crippen molar-refractivity contribution in [3.63, 3.8) is 0 Å². The van der Waals surface area contributed by atoms with E-state index in [1.807, 2.05) is 68.6 Å². The predicted octanol–water partition coefficient (Wildman–Crippen LogP) is 6.33. The number of thioether (sulfide) groups is 1. The van der Waals surface area contributed by atoms with Crippen LogP contribution >= 0.6 is 11.8 Å². The van der Waals surface area contributed by atoms with Crippen molar-refractivity contribution in [2.24, 2.45) is 0 Å². The summed E-state index contributed by atoms with van der Waals surface area (Å²) in [5.41, 5.74) is 3.08. The molecule has 0 aromatic heterocycles. The lowest BCUT2D eigenvalue weighted by molar-refractivity contribution is -0.142. The number of hydrogen-bond donors (Lipinski definition) is 2. The first-order valence-corrected chi connectivity index (χ1v) is 15.5. The molecule has 0 aliphatic carbocycles. The first-order valence-electron chi connectivity index (χ1n) is 14.1. The molecule has 0 radical (unpaired) electrons. The Morgan fingerprint density at radius 2 is 1.73 bits per heavy atom. The van der Waals surface area contributed by atoms with Crippen LogP contribution < -0.4 is 10.6 Å². The standard InChI is InChI=1S/C32H47N3O4S/c1-8-9-13-19-35(30(37)27(18-20-40-7)34-31(38)39-32(4,5)6)28(26-17-16-23(2)21-24(26)3)29(36)33-22-25-14-11-10-12-15-25/h10-12,14-17,21,27-28H,8-9,13,18-20,22H2,1-7H3,(H,33,36)(H,34,38). The van der Waals surface area contributed by atoms with E-state index in [4.69, 9.17) is 4.74 Å². The van der Waals surface area contributed by atoms with E-state index in [0.717, 1.165) is 41.5 Å². The van der Waals surface area contributed by atoms with Gasteiger partial charge >= 0.3 is 6.09 Å². The van der Waals surface area contributed by atoms with Gasteiger partial charge in [0.05, 0.1) is 0 Å². The predicted molar refractivity (Wildman–Crippen MR) is 164 cm³/mol. The van der Waals surface area contributed by atoms with Gasteiger partial charge in [0.2, 0.25) is 11.8 Å². The first-order chi connectivity index (χ1) is 19.0. The third kappa shape index (κ3) is 10.9. The Labute approximate surface area is 244 Å². The second-order valence-electron chi connectivity index (χ2n) is 11.2. The molecule has 0 saturated carbocycles. The molecule has 0 bridgehead atoms. The highest BCUT2D eigenvalue weighted by Crippen LogP contribution is 2.28. The van der Waals surface area contributed by atoms with Crippen molar-refractivity contribution in [1.82, 2.24) is 15.5 Å². The highest BCUT2D eigenvalue weighted by atomic mass is 32.2. The number of nitrogens with zero attached hydrogens (tertiary/aromatic N) is 1. The summed E-state index contributed by atoms with van der Waals surface area (Å²) in [5, 5.41) is 5.88. The van der Waals surface area contributed by atoms with Crippen LogP contribution in [0.25, 0.3) is 0 Å². The number of benzene rings is 2. The summed E-state index contributed by atoms with van der Waals surface area (Å²) in [4.78, 5) is 42.7. The van der Waals surface area contributed by atoms with Crippen LogP contribution in [0, 0.1) is 13.8 Å². The normalized spacial score (nSPS) is 12.8. The van der Waals surface area contributed by atoms with Crippen LogP contribution in [-0.4, -0.2) is 53.0 Å². The minimum Gasteiger partial charge on any atom is -0.444 e. The van der Waals surface area contributed by atoms with Gasteiger partial charge in [0.1, 0.15) is 17.7 Å². The zero-order valence-corrected chi connectivity index (χ0v) is 26.0. The van der Waals surface area contributed by atoms with Crippen molar-refractivity contribution in [2.45, 2.75) is 91.5 Å². The Hall–Kier alpha value is -3.00. The summed E-state index contributed by atoms with van der Waals surface area (Å²) >= 11 is 1.60. The minimum absolute atomic E-state index is 0.249. The van der Waals surface area contributed by atoms with Gasteiger partial charge in [0, 0.05) is 13.1 Å². The maximum atomic E-state index is 14.3. The third-order valence-corrected chi connectivity index (χ3v) is 7.12. The number of carbonyl (C=O) groups excluding carboxylic acids is 3. The fourth-order valence-electron chi connectivity index (χ4n) is 4.51. The lowest BCUT2D eigenvalue weighted by Crippen LogP contribution is -2.53. The average molecular weight is 570 g/mol. The second-order valence-corrected chi connectivity index (χ2v) is 12.2. The van der Waals surface area contributed by atoms with E-state index in [1.165, 1.54) is 0 Å². The van der Waals surface area contributed by atoms with Crippen molar-refractivity contribution < 1.29 is 19.1 Å². The molecule has 0 heterocycles. The van der Waals surface area contributed by atoms with Crippen LogP contribution in [0.2, 0.25) is 0 Å². The molecular formula is C32H47N3O4S. The number of unbranched alkanes of at least 4 members (excludes halogenated alkanes) is 2. The highest BCUT2D eigenvalue weighted by Gasteiger charge is 2.36. The molecule has 2 rings (SSSR count). The monoisotopic (exact) mass is 569 g/mol. The van der Waals surface area contributed by atoms with Gasteiger partial charge in [-0.05, 0) is 76.2 Å². The SMILES string of the molecule is CCCCCN(C(=O)C(CCSC)NC(=O)OC(C)(C)C)C(C(=O)NCc1ccccc1)c1ccc(C)cc1C. The molecule has 8 heteroatoms. The Morgan fingerprint density at radius 1 is 1.02 bits per heavy atom.